The third-order valence-corrected chi connectivity index (χ3v) is 6.58. The van der Waals surface area contributed by atoms with Gasteiger partial charge in [-0.15, -0.1) is 24.8 Å². The fourth-order valence-electron chi connectivity index (χ4n) is 4.75. The maximum absolute atomic E-state index is 6.15. The Balaban J connectivity index is 0.00000160. The van der Waals surface area contributed by atoms with E-state index >= 15 is 0 Å². The Kier molecular flexibility index (Phi) is 10.1. The Bertz CT molecular complexity index is 696. The van der Waals surface area contributed by atoms with Crippen molar-refractivity contribution in [2.75, 3.05) is 20.1 Å². The molecule has 1 saturated heterocycles. The van der Waals surface area contributed by atoms with E-state index in [0.717, 1.165) is 63.9 Å². The molecule has 1 aliphatic carbocycles. The molecule has 2 aliphatic rings. The quantitative estimate of drug-likeness (QED) is 0.696. The van der Waals surface area contributed by atoms with Crippen molar-refractivity contribution in [1.82, 2.24) is 19.7 Å². The highest BCUT2D eigenvalue weighted by Gasteiger charge is 2.29. The van der Waals surface area contributed by atoms with Gasteiger partial charge in [0.15, 0.2) is 5.82 Å². The van der Waals surface area contributed by atoms with Crippen LogP contribution in [0.15, 0.2) is 30.3 Å². The molecule has 30 heavy (non-hydrogen) atoms. The molecule has 1 aromatic carbocycles. The van der Waals surface area contributed by atoms with Gasteiger partial charge in [0.05, 0.1) is 6.04 Å². The average molecular weight is 454 g/mol. The molecule has 0 spiro atoms. The van der Waals surface area contributed by atoms with Gasteiger partial charge in [-0.1, -0.05) is 30.3 Å². The number of likely N-dealkylation sites (tertiary alicyclic amines) is 1. The van der Waals surface area contributed by atoms with Crippen LogP contribution in [0.3, 0.4) is 0 Å². The number of aryl methyl sites for hydroxylation is 2. The number of rotatable bonds is 6. The van der Waals surface area contributed by atoms with E-state index in [9.17, 15) is 0 Å². The van der Waals surface area contributed by atoms with Crippen LogP contribution >= 0.6 is 24.8 Å². The summed E-state index contributed by atoms with van der Waals surface area (Å²) in [5.74, 6) is 2.82. The second-order valence-electron chi connectivity index (χ2n) is 8.82. The summed E-state index contributed by atoms with van der Waals surface area (Å²) in [6.07, 6.45) is 10.1. The molecule has 0 amide bonds. The molecule has 0 bridgehead atoms. The van der Waals surface area contributed by atoms with Crippen LogP contribution in [0, 0.1) is 0 Å². The van der Waals surface area contributed by atoms with E-state index < -0.39 is 0 Å². The molecule has 168 valence electrons. The van der Waals surface area contributed by atoms with Crippen LogP contribution in [0.1, 0.15) is 74.1 Å². The van der Waals surface area contributed by atoms with E-state index in [1.165, 1.54) is 24.2 Å². The third kappa shape index (κ3) is 6.43. The third-order valence-electron chi connectivity index (χ3n) is 6.58. The van der Waals surface area contributed by atoms with E-state index in [4.69, 9.17) is 15.8 Å². The Labute approximate surface area is 193 Å². The molecule has 2 fully saturated rings. The SMILES string of the molecule is CN1CCC(n2nc(CCCc3ccccc3)nc2C2CCC(N)CC2)CC1.Cl.Cl. The first kappa shape index (κ1) is 25.1. The molecule has 2 N–H and O–H groups in total. The number of hydrogen-bond donors (Lipinski definition) is 1. The van der Waals surface area contributed by atoms with Crippen molar-refractivity contribution in [3.05, 3.63) is 47.5 Å². The minimum atomic E-state index is 0. The lowest BCUT2D eigenvalue weighted by atomic mass is 9.85. The Hall–Kier alpha value is -1.14. The Morgan fingerprint density at radius 2 is 1.60 bits per heavy atom. The molecular formula is C23H37Cl2N5. The number of halogens is 2. The average Bonchev–Trinajstić information content (AvgIpc) is 3.14. The van der Waals surface area contributed by atoms with Crippen LogP contribution in [0.4, 0.5) is 0 Å². The van der Waals surface area contributed by atoms with Gasteiger partial charge in [-0.3, -0.25) is 0 Å². The number of aromatic nitrogens is 3. The highest BCUT2D eigenvalue weighted by molar-refractivity contribution is 5.85. The van der Waals surface area contributed by atoms with Crippen molar-refractivity contribution in [2.45, 2.75) is 75.8 Å². The summed E-state index contributed by atoms with van der Waals surface area (Å²) in [6.45, 7) is 2.31. The topological polar surface area (TPSA) is 60.0 Å². The number of benzene rings is 1. The lowest BCUT2D eigenvalue weighted by molar-refractivity contribution is 0.205. The molecule has 0 unspecified atom stereocenters. The van der Waals surface area contributed by atoms with Crippen molar-refractivity contribution >= 4 is 24.8 Å². The smallest absolute Gasteiger partial charge is 0.150 e. The van der Waals surface area contributed by atoms with Crippen LogP contribution in [0.25, 0.3) is 0 Å². The second-order valence-corrected chi connectivity index (χ2v) is 8.82. The summed E-state index contributed by atoms with van der Waals surface area (Å²) < 4.78 is 2.33. The predicted octanol–water partition coefficient (Wildman–Crippen LogP) is 4.55. The molecule has 0 atom stereocenters. The lowest BCUT2D eigenvalue weighted by Crippen LogP contribution is -2.33. The van der Waals surface area contributed by atoms with E-state index in [1.807, 2.05) is 0 Å². The zero-order valence-corrected chi connectivity index (χ0v) is 19.7. The van der Waals surface area contributed by atoms with Crippen LogP contribution in [0.5, 0.6) is 0 Å². The maximum atomic E-state index is 6.15. The molecule has 4 rings (SSSR count). The fraction of sp³-hybridized carbons (Fsp3) is 0.652. The van der Waals surface area contributed by atoms with E-state index in [1.54, 1.807) is 0 Å². The zero-order valence-electron chi connectivity index (χ0n) is 18.1. The molecule has 1 aromatic heterocycles. The summed E-state index contributed by atoms with van der Waals surface area (Å²) in [6, 6.07) is 11.6. The molecule has 0 radical (unpaired) electrons. The summed E-state index contributed by atoms with van der Waals surface area (Å²) in [7, 11) is 2.22. The molecule has 5 nitrogen and oxygen atoms in total. The molecule has 7 heteroatoms. The lowest BCUT2D eigenvalue weighted by Gasteiger charge is -2.32. The molecule has 1 aliphatic heterocycles. The molecular weight excluding hydrogens is 417 g/mol. The summed E-state index contributed by atoms with van der Waals surface area (Å²) in [5, 5.41) is 5.04. The normalized spacial score (nSPS) is 22.9. The van der Waals surface area contributed by atoms with Crippen LogP contribution < -0.4 is 5.73 Å². The highest BCUT2D eigenvalue weighted by atomic mass is 35.5. The number of hydrogen-bond acceptors (Lipinski definition) is 4. The van der Waals surface area contributed by atoms with Crippen molar-refractivity contribution in [2.24, 2.45) is 5.73 Å². The minimum absolute atomic E-state index is 0. The highest BCUT2D eigenvalue weighted by Crippen LogP contribution is 2.34. The van der Waals surface area contributed by atoms with Crippen LogP contribution in [-0.2, 0) is 12.8 Å². The number of nitrogens with two attached hydrogens (primary N) is 1. The largest absolute Gasteiger partial charge is 0.328 e. The van der Waals surface area contributed by atoms with E-state index in [2.05, 4.69) is 47.0 Å². The monoisotopic (exact) mass is 453 g/mol. The van der Waals surface area contributed by atoms with E-state index in [0.29, 0.717) is 18.0 Å². The summed E-state index contributed by atoms with van der Waals surface area (Å²) in [4.78, 5) is 7.51. The van der Waals surface area contributed by atoms with Gasteiger partial charge in [0.1, 0.15) is 5.82 Å². The molecule has 2 heterocycles. The summed E-state index contributed by atoms with van der Waals surface area (Å²) in [5.41, 5.74) is 7.55. The van der Waals surface area contributed by atoms with Crippen molar-refractivity contribution < 1.29 is 0 Å². The van der Waals surface area contributed by atoms with Gasteiger partial charge in [-0.05, 0) is 77.1 Å². The second kappa shape index (κ2) is 12.0. The molecule has 2 aromatic rings. The number of piperidine rings is 1. The van der Waals surface area contributed by atoms with Gasteiger partial charge in [-0.2, -0.15) is 5.10 Å². The summed E-state index contributed by atoms with van der Waals surface area (Å²) >= 11 is 0. The first-order valence-electron chi connectivity index (χ1n) is 11.1. The Morgan fingerprint density at radius 1 is 0.933 bits per heavy atom. The fourth-order valence-corrected chi connectivity index (χ4v) is 4.75. The van der Waals surface area contributed by atoms with Gasteiger partial charge in [0, 0.05) is 18.4 Å². The van der Waals surface area contributed by atoms with Gasteiger partial charge >= 0.3 is 0 Å². The first-order valence-corrected chi connectivity index (χ1v) is 11.1. The Morgan fingerprint density at radius 3 is 2.27 bits per heavy atom. The predicted molar refractivity (Wildman–Crippen MR) is 128 cm³/mol. The standard InChI is InChI=1S/C23H35N5.2ClH/c1-27-16-14-21(15-17-27)28-23(19-10-12-20(24)13-11-19)25-22(26-28)9-5-8-18-6-3-2-4-7-18;;/h2-4,6-7,19-21H,5,8-17,24H2,1H3;2*1H. The van der Waals surface area contributed by atoms with Gasteiger partial charge < -0.3 is 10.6 Å². The molecule has 1 saturated carbocycles. The van der Waals surface area contributed by atoms with Crippen LogP contribution in [-0.4, -0.2) is 45.8 Å². The first-order chi connectivity index (χ1) is 13.7. The van der Waals surface area contributed by atoms with E-state index in [-0.39, 0.29) is 24.8 Å². The minimum Gasteiger partial charge on any atom is -0.328 e. The number of nitrogens with zero attached hydrogens (tertiary/aromatic N) is 4. The van der Waals surface area contributed by atoms with Crippen molar-refractivity contribution in [3.63, 3.8) is 0 Å². The van der Waals surface area contributed by atoms with Crippen molar-refractivity contribution in [1.29, 1.82) is 0 Å². The van der Waals surface area contributed by atoms with Gasteiger partial charge in [0.25, 0.3) is 0 Å². The van der Waals surface area contributed by atoms with Crippen molar-refractivity contribution in [3.8, 4) is 0 Å². The maximum Gasteiger partial charge on any atom is 0.150 e. The van der Waals surface area contributed by atoms with Crippen LogP contribution in [0.2, 0.25) is 0 Å². The van der Waals surface area contributed by atoms with Gasteiger partial charge in [-0.25, -0.2) is 9.67 Å². The van der Waals surface area contributed by atoms with Gasteiger partial charge in [0.2, 0.25) is 0 Å². The zero-order chi connectivity index (χ0) is 19.3.